The van der Waals surface area contributed by atoms with Crippen molar-refractivity contribution in [3.05, 3.63) is 22.6 Å². The summed E-state index contributed by atoms with van der Waals surface area (Å²) in [6.07, 6.45) is 5.17. The van der Waals surface area contributed by atoms with Gasteiger partial charge in [0.05, 0.1) is 24.0 Å². The zero-order chi connectivity index (χ0) is 10.7. The molecular weight excluding hydrogens is 194 g/mol. The molecule has 1 aromatic heterocycles. The molecule has 82 valence electrons. The Hall–Kier alpha value is -1.36. The molecule has 2 unspecified atom stereocenters. The van der Waals surface area contributed by atoms with Crippen LogP contribution in [0.3, 0.4) is 0 Å². The van der Waals surface area contributed by atoms with Gasteiger partial charge in [-0.1, -0.05) is 0 Å². The Kier molecular flexibility index (Phi) is 3.01. The highest BCUT2D eigenvalue weighted by molar-refractivity contribution is 5.40. The predicted molar refractivity (Wildman–Crippen MR) is 56.9 cm³/mol. The minimum absolute atomic E-state index is 0.188. The van der Waals surface area contributed by atoms with Gasteiger partial charge in [0.1, 0.15) is 0 Å². The molecule has 0 amide bonds. The van der Waals surface area contributed by atoms with E-state index in [4.69, 9.17) is 4.74 Å². The zero-order valence-corrected chi connectivity index (χ0v) is 8.69. The molecular formula is C10H15N3O2. The number of ether oxygens (including phenoxy) is 1. The van der Waals surface area contributed by atoms with E-state index in [9.17, 15) is 4.79 Å². The molecule has 0 spiro atoms. The number of hydrogen-bond donors (Lipinski definition) is 2. The fourth-order valence-corrected chi connectivity index (χ4v) is 2.04. The Morgan fingerprint density at radius 1 is 1.60 bits per heavy atom. The van der Waals surface area contributed by atoms with Crippen LogP contribution in [-0.2, 0) is 4.74 Å². The fourth-order valence-electron chi connectivity index (χ4n) is 2.04. The zero-order valence-electron chi connectivity index (χ0n) is 8.69. The van der Waals surface area contributed by atoms with Crippen LogP contribution in [0.2, 0.25) is 0 Å². The predicted octanol–water partition coefficient (Wildman–Crippen LogP) is 0.749. The first-order chi connectivity index (χ1) is 7.29. The van der Waals surface area contributed by atoms with E-state index >= 15 is 0 Å². The molecule has 2 rings (SSSR count). The normalized spacial score (nSPS) is 25.4. The summed E-state index contributed by atoms with van der Waals surface area (Å²) in [6.45, 7) is 0. The summed E-state index contributed by atoms with van der Waals surface area (Å²) in [7, 11) is 1.72. The number of nitrogens with one attached hydrogen (secondary N) is 2. The molecule has 1 aromatic rings. The van der Waals surface area contributed by atoms with Gasteiger partial charge in [-0.25, -0.2) is 5.10 Å². The number of methoxy groups -OCH3 is 1. The van der Waals surface area contributed by atoms with Gasteiger partial charge in [-0.2, -0.15) is 5.10 Å². The fraction of sp³-hybridized carbons (Fsp3) is 0.600. The first kappa shape index (κ1) is 10.2. The maximum atomic E-state index is 11.0. The van der Waals surface area contributed by atoms with Crippen LogP contribution < -0.4 is 10.9 Å². The van der Waals surface area contributed by atoms with Crippen LogP contribution in [0.4, 0.5) is 5.69 Å². The van der Waals surface area contributed by atoms with E-state index in [1.807, 2.05) is 0 Å². The van der Waals surface area contributed by atoms with E-state index in [1.54, 1.807) is 13.3 Å². The van der Waals surface area contributed by atoms with Crippen LogP contribution in [0.1, 0.15) is 19.3 Å². The lowest BCUT2D eigenvalue weighted by Crippen LogP contribution is -2.30. The van der Waals surface area contributed by atoms with Crippen LogP contribution >= 0.6 is 0 Å². The summed E-state index contributed by atoms with van der Waals surface area (Å²) >= 11 is 0. The number of nitrogens with zero attached hydrogens (tertiary/aromatic N) is 1. The number of hydrogen-bond acceptors (Lipinski definition) is 4. The molecule has 0 saturated heterocycles. The number of rotatable bonds is 3. The van der Waals surface area contributed by atoms with Crippen molar-refractivity contribution in [1.29, 1.82) is 0 Å². The largest absolute Gasteiger partial charge is 0.379 e. The molecule has 1 aliphatic rings. The molecule has 2 atom stereocenters. The highest BCUT2D eigenvalue weighted by atomic mass is 16.5. The van der Waals surface area contributed by atoms with E-state index in [-0.39, 0.29) is 11.7 Å². The first-order valence-electron chi connectivity index (χ1n) is 5.13. The van der Waals surface area contributed by atoms with Gasteiger partial charge in [0.25, 0.3) is 5.56 Å². The Labute approximate surface area is 87.8 Å². The Morgan fingerprint density at radius 2 is 2.47 bits per heavy atom. The van der Waals surface area contributed by atoms with Crippen molar-refractivity contribution in [2.45, 2.75) is 31.4 Å². The van der Waals surface area contributed by atoms with E-state index in [0.29, 0.717) is 6.04 Å². The summed E-state index contributed by atoms with van der Waals surface area (Å²) in [4.78, 5) is 11.0. The van der Waals surface area contributed by atoms with Crippen molar-refractivity contribution in [2.24, 2.45) is 0 Å². The lowest BCUT2D eigenvalue weighted by Gasteiger charge is -2.20. The van der Waals surface area contributed by atoms with Crippen LogP contribution in [0.5, 0.6) is 0 Å². The van der Waals surface area contributed by atoms with Crippen molar-refractivity contribution >= 4 is 5.69 Å². The lowest BCUT2D eigenvalue weighted by molar-refractivity contribution is 0.101. The van der Waals surface area contributed by atoms with Crippen LogP contribution in [0.25, 0.3) is 0 Å². The van der Waals surface area contributed by atoms with Crippen molar-refractivity contribution in [1.82, 2.24) is 10.2 Å². The Morgan fingerprint density at radius 3 is 3.20 bits per heavy atom. The van der Waals surface area contributed by atoms with Crippen molar-refractivity contribution in [2.75, 3.05) is 12.4 Å². The van der Waals surface area contributed by atoms with Crippen molar-refractivity contribution < 1.29 is 4.74 Å². The number of aromatic nitrogens is 2. The summed E-state index contributed by atoms with van der Waals surface area (Å²) in [5.74, 6) is 0. The second kappa shape index (κ2) is 4.44. The lowest BCUT2D eigenvalue weighted by atomic mass is 10.2. The molecule has 0 aliphatic heterocycles. The minimum Gasteiger partial charge on any atom is -0.379 e. The maximum absolute atomic E-state index is 11.0. The van der Waals surface area contributed by atoms with Gasteiger partial charge in [0.2, 0.25) is 0 Å². The van der Waals surface area contributed by atoms with Gasteiger partial charge in [0.15, 0.2) is 0 Å². The molecule has 1 fully saturated rings. The average molecular weight is 209 g/mol. The highest BCUT2D eigenvalue weighted by Gasteiger charge is 2.26. The van der Waals surface area contributed by atoms with Crippen LogP contribution in [0.15, 0.2) is 17.1 Å². The van der Waals surface area contributed by atoms with Gasteiger partial charge >= 0.3 is 0 Å². The molecule has 0 bridgehead atoms. The third-order valence-corrected chi connectivity index (χ3v) is 2.77. The number of aromatic amines is 1. The molecule has 1 heterocycles. The molecule has 0 aromatic carbocycles. The second-order valence-corrected chi connectivity index (χ2v) is 3.79. The molecule has 1 saturated carbocycles. The summed E-state index contributed by atoms with van der Waals surface area (Å²) in [5, 5.41) is 9.36. The number of anilines is 1. The Bertz CT molecular complexity index is 377. The summed E-state index contributed by atoms with van der Waals surface area (Å²) in [5.41, 5.74) is 0.569. The van der Waals surface area contributed by atoms with Gasteiger partial charge < -0.3 is 10.1 Å². The quantitative estimate of drug-likeness (QED) is 0.770. The van der Waals surface area contributed by atoms with Gasteiger partial charge in [0, 0.05) is 13.2 Å². The third kappa shape index (κ3) is 2.36. The highest BCUT2D eigenvalue weighted by Crippen LogP contribution is 2.24. The molecule has 0 radical (unpaired) electrons. The van der Waals surface area contributed by atoms with Crippen molar-refractivity contribution in [3.63, 3.8) is 0 Å². The maximum Gasteiger partial charge on any atom is 0.266 e. The minimum atomic E-state index is -0.188. The topological polar surface area (TPSA) is 67.0 Å². The smallest absolute Gasteiger partial charge is 0.266 e. The van der Waals surface area contributed by atoms with E-state index < -0.39 is 0 Å². The second-order valence-electron chi connectivity index (χ2n) is 3.79. The van der Waals surface area contributed by atoms with Gasteiger partial charge in [-0.15, -0.1) is 0 Å². The van der Waals surface area contributed by atoms with E-state index in [2.05, 4.69) is 15.5 Å². The van der Waals surface area contributed by atoms with Crippen molar-refractivity contribution in [3.8, 4) is 0 Å². The number of H-pyrrole nitrogens is 1. The first-order valence-corrected chi connectivity index (χ1v) is 5.13. The summed E-state index contributed by atoms with van der Waals surface area (Å²) in [6, 6.07) is 1.80. The third-order valence-electron chi connectivity index (χ3n) is 2.77. The van der Waals surface area contributed by atoms with Crippen LogP contribution in [0, 0.1) is 0 Å². The van der Waals surface area contributed by atoms with Gasteiger partial charge in [-0.3, -0.25) is 4.79 Å². The average Bonchev–Trinajstić information content (AvgIpc) is 2.65. The standard InChI is InChI=1S/C10H15N3O2/c1-15-9-4-2-3-8(9)12-7-5-10(14)13-11-6-7/h5-6,8-9H,2-4H2,1H3,(H2,12,13,14). The molecule has 1 aliphatic carbocycles. The van der Waals surface area contributed by atoms with E-state index in [1.165, 1.54) is 6.07 Å². The SMILES string of the molecule is COC1CCCC1Nc1cn[nH]c(=O)c1. The molecule has 2 N–H and O–H groups in total. The van der Waals surface area contributed by atoms with Gasteiger partial charge in [-0.05, 0) is 19.3 Å². The Balaban J connectivity index is 2.05. The van der Waals surface area contributed by atoms with Crippen LogP contribution in [-0.4, -0.2) is 29.5 Å². The monoisotopic (exact) mass is 209 g/mol. The molecule has 15 heavy (non-hydrogen) atoms. The molecule has 5 nitrogen and oxygen atoms in total. The molecule has 5 heteroatoms. The summed E-state index contributed by atoms with van der Waals surface area (Å²) < 4.78 is 5.36. The van der Waals surface area contributed by atoms with E-state index in [0.717, 1.165) is 24.9 Å².